The Morgan fingerprint density at radius 1 is 1.41 bits per heavy atom. The van der Waals surface area contributed by atoms with E-state index in [1.807, 2.05) is 13.8 Å². The smallest absolute Gasteiger partial charge is 0.141 e. The van der Waals surface area contributed by atoms with Crippen LogP contribution in [-0.4, -0.2) is 11.6 Å². The molecule has 0 saturated carbocycles. The number of halogens is 2. The lowest BCUT2D eigenvalue weighted by atomic mass is 9.95. The van der Waals surface area contributed by atoms with Gasteiger partial charge in [-0.15, -0.1) is 0 Å². The van der Waals surface area contributed by atoms with Gasteiger partial charge in [-0.3, -0.25) is 0 Å². The van der Waals surface area contributed by atoms with E-state index in [0.717, 1.165) is 18.4 Å². The minimum absolute atomic E-state index is 0.180. The van der Waals surface area contributed by atoms with Gasteiger partial charge < -0.3 is 11.1 Å². The van der Waals surface area contributed by atoms with Gasteiger partial charge in [0.2, 0.25) is 0 Å². The summed E-state index contributed by atoms with van der Waals surface area (Å²) in [5, 5.41) is 3.67. The molecule has 17 heavy (non-hydrogen) atoms. The predicted molar refractivity (Wildman–Crippen MR) is 68.6 cm³/mol. The molecule has 2 rings (SSSR count). The molecule has 3 N–H and O–H groups in total. The average molecular weight is 257 g/mol. The summed E-state index contributed by atoms with van der Waals surface area (Å²) < 4.78 is 13.1. The molecule has 0 bridgehead atoms. The Morgan fingerprint density at radius 3 is 2.65 bits per heavy atom. The molecule has 1 fully saturated rings. The van der Waals surface area contributed by atoms with E-state index in [1.54, 1.807) is 12.1 Å². The Hall–Kier alpha value is -0.640. The van der Waals surface area contributed by atoms with Crippen LogP contribution in [0.5, 0.6) is 0 Å². The Balaban J connectivity index is 2.13. The van der Waals surface area contributed by atoms with Crippen LogP contribution < -0.4 is 11.1 Å². The lowest BCUT2D eigenvalue weighted by molar-refractivity contribution is 0.366. The van der Waals surface area contributed by atoms with Crippen molar-refractivity contribution in [2.24, 2.45) is 5.73 Å². The maximum absolute atomic E-state index is 13.1. The third kappa shape index (κ3) is 2.79. The van der Waals surface area contributed by atoms with Gasteiger partial charge in [0.25, 0.3) is 0 Å². The molecule has 0 aromatic heterocycles. The van der Waals surface area contributed by atoms with Gasteiger partial charge in [0.1, 0.15) is 5.82 Å². The maximum atomic E-state index is 13.1. The SMILES string of the molecule is CC(C)(N)[C@H]1CC[C@@H](c2ccc(F)c(Cl)c2)N1. The number of hydrogen-bond acceptors (Lipinski definition) is 2. The normalized spacial score (nSPS) is 25.2. The van der Waals surface area contributed by atoms with Crippen molar-refractivity contribution < 1.29 is 4.39 Å². The zero-order chi connectivity index (χ0) is 12.6. The quantitative estimate of drug-likeness (QED) is 0.854. The molecule has 1 aliphatic rings. The van der Waals surface area contributed by atoms with Crippen molar-refractivity contribution in [1.29, 1.82) is 0 Å². The van der Waals surface area contributed by atoms with Crippen molar-refractivity contribution in [3.05, 3.63) is 34.6 Å². The molecule has 1 aromatic carbocycles. The zero-order valence-corrected chi connectivity index (χ0v) is 10.9. The summed E-state index contributed by atoms with van der Waals surface area (Å²) in [6.07, 6.45) is 2.04. The van der Waals surface area contributed by atoms with E-state index in [9.17, 15) is 4.39 Å². The highest BCUT2D eigenvalue weighted by Crippen LogP contribution is 2.31. The fraction of sp³-hybridized carbons (Fsp3) is 0.538. The summed E-state index contributed by atoms with van der Waals surface area (Å²) in [6.45, 7) is 4.04. The van der Waals surface area contributed by atoms with E-state index >= 15 is 0 Å². The lowest BCUT2D eigenvalue weighted by Gasteiger charge is -2.28. The number of rotatable bonds is 2. The predicted octanol–water partition coefficient (Wildman–Crippen LogP) is 3.01. The standard InChI is InChI=1S/C13H18ClFN2/c1-13(2,16)12-6-5-11(17-12)8-3-4-10(15)9(14)7-8/h3-4,7,11-12,17H,5-6,16H2,1-2H3/t11-,12+/m0/s1. The Kier molecular flexibility index (Phi) is 3.43. The van der Waals surface area contributed by atoms with Gasteiger partial charge in [-0.1, -0.05) is 17.7 Å². The third-order valence-electron chi connectivity index (χ3n) is 3.39. The highest BCUT2D eigenvalue weighted by Gasteiger charge is 2.33. The van der Waals surface area contributed by atoms with Gasteiger partial charge in [0, 0.05) is 17.6 Å². The number of nitrogens with two attached hydrogens (primary N) is 1. The van der Waals surface area contributed by atoms with Crippen LogP contribution in [0, 0.1) is 5.82 Å². The summed E-state index contributed by atoms with van der Waals surface area (Å²) >= 11 is 5.79. The molecule has 2 nitrogen and oxygen atoms in total. The van der Waals surface area contributed by atoms with Gasteiger partial charge in [0.05, 0.1) is 5.02 Å². The summed E-state index contributed by atoms with van der Waals surface area (Å²) in [4.78, 5) is 0. The highest BCUT2D eigenvalue weighted by molar-refractivity contribution is 6.30. The molecule has 0 unspecified atom stereocenters. The molecule has 2 atom stereocenters. The van der Waals surface area contributed by atoms with Gasteiger partial charge in [-0.25, -0.2) is 4.39 Å². The largest absolute Gasteiger partial charge is 0.324 e. The van der Waals surface area contributed by atoms with Gasteiger partial charge in [-0.05, 0) is 44.4 Å². The summed E-state index contributed by atoms with van der Waals surface area (Å²) in [5.41, 5.74) is 6.88. The van der Waals surface area contributed by atoms with Crippen LogP contribution in [-0.2, 0) is 0 Å². The molecule has 4 heteroatoms. The first kappa shape index (κ1) is 12.8. The molecule has 0 amide bonds. The molecule has 1 heterocycles. The lowest BCUT2D eigenvalue weighted by Crippen LogP contribution is -2.50. The molecule has 0 aliphatic carbocycles. The Morgan fingerprint density at radius 2 is 2.12 bits per heavy atom. The molecule has 0 radical (unpaired) electrons. The number of hydrogen-bond donors (Lipinski definition) is 2. The molecule has 1 saturated heterocycles. The topological polar surface area (TPSA) is 38.0 Å². The molecule has 0 spiro atoms. The van der Waals surface area contributed by atoms with E-state index in [1.165, 1.54) is 6.07 Å². The first-order chi connectivity index (χ1) is 7.88. The monoisotopic (exact) mass is 256 g/mol. The fourth-order valence-electron chi connectivity index (χ4n) is 2.32. The highest BCUT2D eigenvalue weighted by atomic mass is 35.5. The summed E-state index contributed by atoms with van der Waals surface area (Å²) in [5.74, 6) is -0.371. The van der Waals surface area contributed by atoms with Crippen molar-refractivity contribution in [3.63, 3.8) is 0 Å². The first-order valence-corrected chi connectivity index (χ1v) is 6.25. The van der Waals surface area contributed by atoms with Gasteiger partial charge in [-0.2, -0.15) is 0 Å². The maximum Gasteiger partial charge on any atom is 0.141 e. The number of nitrogens with one attached hydrogen (secondary N) is 1. The van der Waals surface area contributed by atoms with Crippen LogP contribution in [0.4, 0.5) is 4.39 Å². The van der Waals surface area contributed by atoms with Gasteiger partial charge >= 0.3 is 0 Å². The van der Waals surface area contributed by atoms with Crippen molar-refractivity contribution in [3.8, 4) is 0 Å². The van der Waals surface area contributed by atoms with Crippen molar-refractivity contribution in [2.45, 2.75) is 44.3 Å². The minimum Gasteiger partial charge on any atom is -0.324 e. The second-order valence-corrected chi connectivity index (χ2v) is 5.75. The van der Waals surface area contributed by atoms with Crippen molar-refractivity contribution in [2.75, 3.05) is 0 Å². The first-order valence-electron chi connectivity index (χ1n) is 5.88. The average Bonchev–Trinajstić information content (AvgIpc) is 2.70. The van der Waals surface area contributed by atoms with Crippen LogP contribution >= 0.6 is 11.6 Å². The Bertz CT molecular complexity index is 414. The van der Waals surface area contributed by atoms with Crippen molar-refractivity contribution >= 4 is 11.6 Å². The van der Waals surface area contributed by atoms with Crippen LogP contribution in [0.1, 0.15) is 38.3 Å². The molecular formula is C13H18ClFN2. The summed E-state index contributed by atoms with van der Waals surface area (Å²) in [6, 6.07) is 5.41. The molecule has 1 aliphatic heterocycles. The van der Waals surface area contributed by atoms with E-state index in [4.69, 9.17) is 17.3 Å². The van der Waals surface area contributed by atoms with E-state index in [0.29, 0.717) is 0 Å². The summed E-state index contributed by atoms with van der Waals surface area (Å²) in [7, 11) is 0. The Labute approximate surface area is 106 Å². The van der Waals surface area contributed by atoms with E-state index in [-0.39, 0.29) is 28.5 Å². The van der Waals surface area contributed by atoms with Crippen LogP contribution in [0.3, 0.4) is 0 Å². The molecular weight excluding hydrogens is 239 g/mol. The second kappa shape index (κ2) is 4.56. The molecule has 94 valence electrons. The molecule has 1 aromatic rings. The zero-order valence-electron chi connectivity index (χ0n) is 10.1. The third-order valence-corrected chi connectivity index (χ3v) is 3.68. The van der Waals surface area contributed by atoms with E-state index < -0.39 is 0 Å². The minimum atomic E-state index is -0.371. The van der Waals surface area contributed by atoms with E-state index in [2.05, 4.69) is 5.32 Å². The van der Waals surface area contributed by atoms with Crippen LogP contribution in [0.2, 0.25) is 5.02 Å². The number of benzene rings is 1. The fourth-order valence-corrected chi connectivity index (χ4v) is 2.51. The van der Waals surface area contributed by atoms with Crippen molar-refractivity contribution in [1.82, 2.24) is 5.32 Å². The van der Waals surface area contributed by atoms with Gasteiger partial charge in [0.15, 0.2) is 0 Å². The van der Waals surface area contributed by atoms with Crippen LogP contribution in [0.25, 0.3) is 0 Å². The second-order valence-electron chi connectivity index (χ2n) is 5.34. The van der Waals surface area contributed by atoms with Crippen LogP contribution in [0.15, 0.2) is 18.2 Å².